The molecule has 0 unspecified atom stereocenters. The molecule has 1 aromatic carbocycles. The lowest BCUT2D eigenvalue weighted by atomic mass is 10.2. The zero-order chi connectivity index (χ0) is 17.8. The maximum absolute atomic E-state index is 12.5. The Balaban J connectivity index is 1.60. The third-order valence-electron chi connectivity index (χ3n) is 4.10. The van der Waals surface area contributed by atoms with Gasteiger partial charge in [-0.15, -0.1) is 0 Å². The van der Waals surface area contributed by atoms with E-state index in [1.807, 2.05) is 24.2 Å². The van der Waals surface area contributed by atoms with Gasteiger partial charge in [-0.3, -0.25) is 14.5 Å². The average molecular weight is 342 g/mol. The van der Waals surface area contributed by atoms with E-state index in [4.69, 9.17) is 0 Å². The number of aromatic hydroxyl groups is 1. The molecule has 3 rings (SSSR count). The fourth-order valence-corrected chi connectivity index (χ4v) is 2.85. The number of hydrogen-bond acceptors (Lipinski definition) is 4. The Morgan fingerprint density at radius 1 is 1.40 bits per heavy atom. The Hall–Kier alpha value is -3.03. The number of phenols is 1. The van der Waals surface area contributed by atoms with Crippen LogP contribution in [0.4, 0.5) is 5.69 Å². The topological polar surface area (TPSA) is 86.0 Å². The molecule has 0 saturated carbocycles. The Kier molecular flexibility index (Phi) is 4.87. The highest BCUT2D eigenvalue weighted by molar-refractivity contribution is 5.98. The number of anilines is 1. The quantitative estimate of drug-likeness (QED) is 0.628. The number of hydrogen-bond donors (Lipinski definition) is 2. The van der Waals surface area contributed by atoms with Crippen LogP contribution in [0.2, 0.25) is 0 Å². The van der Waals surface area contributed by atoms with Crippen LogP contribution in [-0.4, -0.2) is 58.3 Å². The molecule has 132 valence electrons. The molecule has 8 heteroatoms. The van der Waals surface area contributed by atoms with Gasteiger partial charge in [-0.2, -0.15) is 5.10 Å². The number of phenolic OH excluding ortho intramolecular Hbond substituents is 1. The van der Waals surface area contributed by atoms with E-state index < -0.39 is 0 Å². The molecule has 1 fully saturated rings. The molecule has 0 atom stereocenters. The van der Waals surface area contributed by atoms with Gasteiger partial charge in [0, 0.05) is 39.9 Å². The predicted octanol–water partition coefficient (Wildman–Crippen LogP) is 0.550. The highest BCUT2D eigenvalue weighted by Gasteiger charge is 2.27. The highest BCUT2D eigenvalue weighted by Crippen LogP contribution is 2.16. The fraction of sp³-hybridized carbons (Fsp3) is 0.353. The van der Waals surface area contributed by atoms with Gasteiger partial charge in [0.1, 0.15) is 12.3 Å². The molecule has 1 aromatic heterocycles. The minimum atomic E-state index is 0.0135. The summed E-state index contributed by atoms with van der Waals surface area (Å²) in [5.41, 5.74) is 1.76. The summed E-state index contributed by atoms with van der Waals surface area (Å²) in [7, 11) is 3.53. The first-order valence-corrected chi connectivity index (χ1v) is 8.09. The number of amides is 1. The normalized spacial score (nSPS) is 15.6. The number of nitrogens with zero attached hydrogens (tertiary/aromatic N) is 5. The van der Waals surface area contributed by atoms with E-state index in [0.717, 1.165) is 11.3 Å². The molecular formula is C17H22N6O2. The molecule has 0 bridgehead atoms. The van der Waals surface area contributed by atoms with Crippen LogP contribution in [0.1, 0.15) is 5.56 Å². The molecule has 1 amide bonds. The van der Waals surface area contributed by atoms with Gasteiger partial charge < -0.3 is 20.2 Å². The van der Waals surface area contributed by atoms with Crippen LogP contribution in [0, 0.1) is 0 Å². The van der Waals surface area contributed by atoms with Crippen LogP contribution in [0.3, 0.4) is 0 Å². The van der Waals surface area contributed by atoms with Crippen molar-refractivity contribution in [3.8, 4) is 5.75 Å². The highest BCUT2D eigenvalue weighted by atomic mass is 16.3. The second kappa shape index (κ2) is 7.25. The number of piperazine rings is 1. The van der Waals surface area contributed by atoms with Crippen LogP contribution in [-0.2, 0) is 18.4 Å². The van der Waals surface area contributed by atoms with Crippen LogP contribution in [0.25, 0.3) is 0 Å². The summed E-state index contributed by atoms with van der Waals surface area (Å²) in [6.45, 7) is 2.05. The third kappa shape index (κ3) is 3.90. The van der Waals surface area contributed by atoms with Crippen molar-refractivity contribution < 1.29 is 9.90 Å². The molecule has 0 aliphatic carbocycles. The van der Waals surface area contributed by atoms with E-state index in [-0.39, 0.29) is 18.2 Å². The number of aliphatic imine (C=N–C) groups is 1. The van der Waals surface area contributed by atoms with E-state index in [9.17, 15) is 9.90 Å². The van der Waals surface area contributed by atoms with Crippen LogP contribution < -0.4 is 10.2 Å². The number of aromatic nitrogens is 2. The van der Waals surface area contributed by atoms with Crippen LogP contribution in [0.5, 0.6) is 5.75 Å². The molecule has 2 aromatic rings. The molecule has 2 N–H and O–H groups in total. The predicted molar refractivity (Wildman–Crippen MR) is 95.4 cm³/mol. The van der Waals surface area contributed by atoms with Gasteiger partial charge in [0.2, 0.25) is 5.91 Å². The summed E-state index contributed by atoms with van der Waals surface area (Å²) >= 11 is 0. The van der Waals surface area contributed by atoms with Crippen LogP contribution >= 0.6 is 0 Å². The summed E-state index contributed by atoms with van der Waals surface area (Å²) in [4.78, 5) is 20.4. The van der Waals surface area contributed by atoms with E-state index >= 15 is 0 Å². The van der Waals surface area contributed by atoms with Crippen molar-refractivity contribution in [2.24, 2.45) is 12.0 Å². The zero-order valence-corrected chi connectivity index (χ0v) is 14.4. The lowest BCUT2D eigenvalue weighted by molar-refractivity contribution is -0.120. The van der Waals surface area contributed by atoms with Crippen molar-refractivity contribution in [2.45, 2.75) is 6.54 Å². The fourth-order valence-electron chi connectivity index (χ4n) is 2.85. The average Bonchev–Trinajstić information content (AvgIpc) is 3.02. The van der Waals surface area contributed by atoms with Crippen molar-refractivity contribution in [3.05, 3.63) is 42.2 Å². The first-order valence-electron chi connectivity index (χ1n) is 8.09. The second-order valence-electron chi connectivity index (χ2n) is 5.91. The van der Waals surface area contributed by atoms with Crippen molar-refractivity contribution in [3.63, 3.8) is 0 Å². The van der Waals surface area contributed by atoms with Gasteiger partial charge in [-0.25, -0.2) is 0 Å². The van der Waals surface area contributed by atoms with Crippen molar-refractivity contribution in [1.29, 1.82) is 0 Å². The van der Waals surface area contributed by atoms with E-state index in [2.05, 4.69) is 15.4 Å². The van der Waals surface area contributed by atoms with E-state index in [0.29, 0.717) is 25.6 Å². The Morgan fingerprint density at radius 3 is 2.88 bits per heavy atom. The van der Waals surface area contributed by atoms with Crippen molar-refractivity contribution in [1.82, 2.24) is 20.0 Å². The number of rotatable bonds is 3. The lowest BCUT2D eigenvalue weighted by Gasteiger charge is -2.35. The van der Waals surface area contributed by atoms with Gasteiger partial charge >= 0.3 is 0 Å². The Bertz CT molecular complexity index is 785. The molecule has 2 heterocycles. The maximum Gasteiger partial charge on any atom is 0.246 e. The number of nitrogens with one attached hydrogen (secondary N) is 1. The number of guanidine groups is 1. The van der Waals surface area contributed by atoms with Gasteiger partial charge in [-0.05, 0) is 17.7 Å². The summed E-state index contributed by atoms with van der Waals surface area (Å²) in [5.74, 6) is 0.914. The SMILES string of the molecule is CN=C(NCc1cccc(O)c1)N1CCN(c2cnn(C)c2)C(=O)C1. The first kappa shape index (κ1) is 16.8. The maximum atomic E-state index is 12.5. The summed E-state index contributed by atoms with van der Waals surface area (Å²) in [6, 6.07) is 7.05. The zero-order valence-electron chi connectivity index (χ0n) is 14.4. The first-order chi connectivity index (χ1) is 12.1. The Labute approximate surface area is 146 Å². The summed E-state index contributed by atoms with van der Waals surface area (Å²) in [5, 5.41) is 16.9. The Morgan fingerprint density at radius 2 is 2.24 bits per heavy atom. The van der Waals surface area contributed by atoms with Gasteiger partial charge in [-0.1, -0.05) is 12.1 Å². The summed E-state index contributed by atoms with van der Waals surface area (Å²) < 4.78 is 1.69. The number of carbonyl (C=O) groups excluding carboxylic acids is 1. The van der Waals surface area contributed by atoms with Gasteiger partial charge in [0.25, 0.3) is 0 Å². The van der Waals surface area contributed by atoms with Crippen molar-refractivity contribution >= 4 is 17.6 Å². The number of benzene rings is 1. The van der Waals surface area contributed by atoms with Crippen LogP contribution in [0.15, 0.2) is 41.7 Å². The largest absolute Gasteiger partial charge is 0.508 e. The minimum Gasteiger partial charge on any atom is -0.508 e. The number of aryl methyl sites for hydroxylation is 1. The molecule has 0 spiro atoms. The smallest absolute Gasteiger partial charge is 0.246 e. The van der Waals surface area contributed by atoms with Gasteiger partial charge in [0.05, 0.1) is 11.9 Å². The van der Waals surface area contributed by atoms with Gasteiger partial charge in [0.15, 0.2) is 5.96 Å². The molecule has 25 heavy (non-hydrogen) atoms. The van der Waals surface area contributed by atoms with Crippen molar-refractivity contribution in [2.75, 3.05) is 31.6 Å². The molecule has 1 aliphatic heterocycles. The molecule has 0 radical (unpaired) electrons. The number of carbonyl (C=O) groups is 1. The lowest BCUT2D eigenvalue weighted by Crippen LogP contribution is -2.55. The van der Waals surface area contributed by atoms with E-state index in [1.54, 1.807) is 41.0 Å². The second-order valence-corrected chi connectivity index (χ2v) is 5.91. The third-order valence-corrected chi connectivity index (χ3v) is 4.10. The monoisotopic (exact) mass is 342 g/mol. The molecule has 1 saturated heterocycles. The molecular weight excluding hydrogens is 320 g/mol. The minimum absolute atomic E-state index is 0.0135. The van der Waals surface area contributed by atoms with E-state index in [1.165, 1.54) is 0 Å². The molecule has 8 nitrogen and oxygen atoms in total. The summed E-state index contributed by atoms with van der Waals surface area (Å²) in [6.07, 6.45) is 3.53. The molecule has 1 aliphatic rings. The standard InChI is InChI=1S/C17H22N6O2/c1-18-17(19-9-13-4-3-5-15(24)8-13)22-6-7-23(16(25)12-22)14-10-20-21(2)11-14/h3-5,8,10-11,24H,6-7,9,12H2,1-2H3,(H,18,19).